The zero-order valence-electron chi connectivity index (χ0n) is 11.9. The highest BCUT2D eigenvalue weighted by Crippen LogP contribution is 2.31. The van der Waals surface area contributed by atoms with Crippen LogP contribution in [-0.4, -0.2) is 49.7 Å². The standard InChI is InChI=1S/C14H27N3O/c1-3-11-18-14(7-5-4-6-8-14)12-16-13-15-9-10-17(13)2/h3-12H2,1-2H3,(H,15,16). The minimum Gasteiger partial charge on any atom is -0.373 e. The van der Waals surface area contributed by atoms with Gasteiger partial charge in [-0.1, -0.05) is 26.2 Å². The molecule has 0 atom stereocenters. The van der Waals surface area contributed by atoms with Gasteiger partial charge in [0.2, 0.25) is 0 Å². The van der Waals surface area contributed by atoms with E-state index in [0.29, 0.717) is 0 Å². The summed E-state index contributed by atoms with van der Waals surface area (Å²) in [5.41, 5.74) is 0.0558. The Bertz CT molecular complexity index is 285. The van der Waals surface area contributed by atoms with Crippen LogP contribution in [0.25, 0.3) is 0 Å². The van der Waals surface area contributed by atoms with E-state index < -0.39 is 0 Å². The van der Waals surface area contributed by atoms with E-state index >= 15 is 0 Å². The Labute approximate surface area is 111 Å². The normalized spacial score (nSPS) is 23.0. The Morgan fingerprint density at radius 3 is 2.72 bits per heavy atom. The van der Waals surface area contributed by atoms with Crippen molar-refractivity contribution in [2.45, 2.75) is 51.0 Å². The van der Waals surface area contributed by atoms with Gasteiger partial charge in [0.05, 0.1) is 12.1 Å². The molecule has 0 saturated heterocycles. The highest BCUT2D eigenvalue weighted by Gasteiger charge is 2.33. The van der Waals surface area contributed by atoms with Crippen molar-refractivity contribution in [2.75, 3.05) is 33.3 Å². The first kappa shape index (κ1) is 13.7. The largest absolute Gasteiger partial charge is 0.373 e. The fraction of sp³-hybridized carbons (Fsp3) is 0.929. The Hall–Kier alpha value is -0.770. The molecule has 0 unspecified atom stereocenters. The molecule has 1 aliphatic carbocycles. The van der Waals surface area contributed by atoms with Crippen LogP contribution in [0.3, 0.4) is 0 Å². The summed E-state index contributed by atoms with van der Waals surface area (Å²) in [5, 5.41) is 3.50. The van der Waals surface area contributed by atoms with Gasteiger partial charge in [-0.25, -0.2) is 0 Å². The van der Waals surface area contributed by atoms with Crippen molar-refractivity contribution < 1.29 is 4.74 Å². The molecule has 0 amide bonds. The van der Waals surface area contributed by atoms with Crippen molar-refractivity contribution in [1.82, 2.24) is 10.2 Å². The number of nitrogens with zero attached hydrogens (tertiary/aromatic N) is 2. The van der Waals surface area contributed by atoms with Crippen LogP contribution in [0.15, 0.2) is 4.99 Å². The maximum atomic E-state index is 6.18. The predicted molar refractivity (Wildman–Crippen MR) is 75.0 cm³/mol. The maximum absolute atomic E-state index is 6.18. The van der Waals surface area contributed by atoms with Crippen molar-refractivity contribution in [2.24, 2.45) is 4.99 Å². The van der Waals surface area contributed by atoms with E-state index in [4.69, 9.17) is 4.74 Å². The maximum Gasteiger partial charge on any atom is 0.193 e. The van der Waals surface area contributed by atoms with Gasteiger partial charge in [-0.05, 0) is 19.3 Å². The van der Waals surface area contributed by atoms with Crippen LogP contribution in [0.1, 0.15) is 45.4 Å². The third kappa shape index (κ3) is 3.37. The molecule has 104 valence electrons. The zero-order valence-corrected chi connectivity index (χ0v) is 11.9. The van der Waals surface area contributed by atoms with Crippen LogP contribution in [0.5, 0.6) is 0 Å². The van der Waals surface area contributed by atoms with Gasteiger partial charge < -0.3 is 15.0 Å². The van der Waals surface area contributed by atoms with Gasteiger partial charge in [-0.15, -0.1) is 0 Å². The number of aliphatic imine (C=N–C) groups is 1. The summed E-state index contributed by atoms with van der Waals surface area (Å²) in [5.74, 6) is 1.04. The van der Waals surface area contributed by atoms with Crippen molar-refractivity contribution >= 4 is 5.96 Å². The summed E-state index contributed by atoms with van der Waals surface area (Å²) in [6, 6.07) is 0. The third-order valence-corrected chi connectivity index (χ3v) is 4.00. The Morgan fingerprint density at radius 2 is 2.11 bits per heavy atom. The van der Waals surface area contributed by atoms with Gasteiger partial charge in [-0.2, -0.15) is 0 Å². The first-order chi connectivity index (χ1) is 8.76. The molecule has 0 bridgehead atoms. The molecular formula is C14H27N3O. The second-order valence-corrected chi connectivity index (χ2v) is 5.57. The molecule has 0 spiro atoms. The molecule has 2 rings (SSSR count). The van der Waals surface area contributed by atoms with Gasteiger partial charge in [0.25, 0.3) is 0 Å². The number of nitrogens with one attached hydrogen (secondary N) is 1. The summed E-state index contributed by atoms with van der Waals surface area (Å²) >= 11 is 0. The monoisotopic (exact) mass is 253 g/mol. The lowest BCUT2D eigenvalue weighted by atomic mass is 9.84. The number of rotatable bonds is 5. The minimum atomic E-state index is 0.0558. The smallest absolute Gasteiger partial charge is 0.193 e. The molecule has 1 saturated carbocycles. The van der Waals surface area contributed by atoms with Crippen molar-refractivity contribution in [1.29, 1.82) is 0 Å². The Balaban J connectivity index is 1.88. The second-order valence-electron chi connectivity index (χ2n) is 5.57. The topological polar surface area (TPSA) is 36.9 Å². The van der Waals surface area contributed by atoms with Gasteiger partial charge >= 0.3 is 0 Å². The summed E-state index contributed by atoms with van der Waals surface area (Å²) in [7, 11) is 2.10. The quantitative estimate of drug-likeness (QED) is 0.814. The van der Waals surface area contributed by atoms with Crippen LogP contribution in [0, 0.1) is 0 Å². The highest BCUT2D eigenvalue weighted by atomic mass is 16.5. The first-order valence-electron chi connectivity index (χ1n) is 7.39. The predicted octanol–water partition coefficient (Wildman–Crippen LogP) is 2.01. The van der Waals surface area contributed by atoms with E-state index in [2.05, 4.69) is 29.2 Å². The number of hydrogen-bond donors (Lipinski definition) is 1. The third-order valence-electron chi connectivity index (χ3n) is 4.00. The van der Waals surface area contributed by atoms with Crippen LogP contribution in [-0.2, 0) is 4.74 Å². The lowest BCUT2D eigenvalue weighted by Gasteiger charge is -2.38. The van der Waals surface area contributed by atoms with Gasteiger partial charge in [0.1, 0.15) is 0 Å². The average Bonchev–Trinajstić information content (AvgIpc) is 2.81. The lowest BCUT2D eigenvalue weighted by molar-refractivity contribution is -0.0658. The molecule has 1 fully saturated rings. The number of guanidine groups is 1. The zero-order chi connectivity index (χ0) is 12.8. The SMILES string of the molecule is CCCOC1(CNC2=NCCN2C)CCCCC1. The molecule has 4 heteroatoms. The number of ether oxygens (including phenoxy) is 1. The summed E-state index contributed by atoms with van der Waals surface area (Å²) in [6.07, 6.45) is 7.44. The van der Waals surface area contributed by atoms with Crippen molar-refractivity contribution in [3.05, 3.63) is 0 Å². The molecule has 0 radical (unpaired) electrons. The van der Waals surface area contributed by atoms with E-state index in [-0.39, 0.29) is 5.60 Å². The molecule has 1 N–H and O–H groups in total. The average molecular weight is 253 g/mol. The fourth-order valence-corrected chi connectivity index (χ4v) is 2.85. The molecule has 1 heterocycles. The van der Waals surface area contributed by atoms with Crippen LogP contribution in [0.4, 0.5) is 0 Å². The van der Waals surface area contributed by atoms with Gasteiger partial charge in [0.15, 0.2) is 5.96 Å². The van der Waals surface area contributed by atoms with Crippen LogP contribution >= 0.6 is 0 Å². The molecule has 4 nitrogen and oxygen atoms in total. The van der Waals surface area contributed by atoms with E-state index in [1.807, 2.05) is 0 Å². The second kappa shape index (κ2) is 6.41. The van der Waals surface area contributed by atoms with Crippen molar-refractivity contribution in [3.8, 4) is 0 Å². The molecular weight excluding hydrogens is 226 g/mol. The van der Waals surface area contributed by atoms with E-state index in [9.17, 15) is 0 Å². The highest BCUT2D eigenvalue weighted by molar-refractivity contribution is 5.81. The summed E-state index contributed by atoms with van der Waals surface area (Å²) in [6.45, 7) is 5.92. The van der Waals surface area contributed by atoms with Crippen LogP contribution < -0.4 is 5.32 Å². The summed E-state index contributed by atoms with van der Waals surface area (Å²) < 4.78 is 6.18. The number of hydrogen-bond acceptors (Lipinski definition) is 4. The number of likely N-dealkylation sites (N-methyl/N-ethyl adjacent to an activating group) is 1. The van der Waals surface area contributed by atoms with Gasteiger partial charge in [-0.3, -0.25) is 4.99 Å². The Kier molecular flexibility index (Phi) is 4.87. The molecule has 18 heavy (non-hydrogen) atoms. The summed E-state index contributed by atoms with van der Waals surface area (Å²) in [4.78, 5) is 6.68. The van der Waals surface area contributed by atoms with E-state index in [1.54, 1.807) is 0 Å². The molecule has 2 aliphatic rings. The van der Waals surface area contributed by atoms with E-state index in [0.717, 1.165) is 38.6 Å². The lowest BCUT2D eigenvalue weighted by Crippen LogP contribution is -2.49. The Morgan fingerprint density at radius 1 is 1.33 bits per heavy atom. The first-order valence-corrected chi connectivity index (χ1v) is 7.39. The van der Waals surface area contributed by atoms with Crippen molar-refractivity contribution in [3.63, 3.8) is 0 Å². The molecule has 0 aromatic heterocycles. The minimum absolute atomic E-state index is 0.0558. The van der Waals surface area contributed by atoms with E-state index in [1.165, 1.54) is 32.1 Å². The van der Waals surface area contributed by atoms with Crippen LogP contribution in [0.2, 0.25) is 0 Å². The fourth-order valence-electron chi connectivity index (χ4n) is 2.85. The molecule has 0 aromatic carbocycles. The molecule has 1 aliphatic heterocycles. The molecule has 0 aromatic rings. The van der Waals surface area contributed by atoms with Gasteiger partial charge in [0, 0.05) is 26.7 Å².